The first-order valence-corrected chi connectivity index (χ1v) is 10.0. The highest BCUT2D eigenvalue weighted by molar-refractivity contribution is 6.05. The summed E-state index contributed by atoms with van der Waals surface area (Å²) < 4.78 is 1.46. The van der Waals surface area contributed by atoms with Crippen LogP contribution in [0.4, 0.5) is 0 Å². The fraction of sp³-hybridized carbons (Fsp3) is 0.600. The molecular formula is C20H31Cl2N5O3. The van der Waals surface area contributed by atoms with Crippen LogP contribution < -0.4 is 16.6 Å². The van der Waals surface area contributed by atoms with E-state index >= 15 is 0 Å². The highest BCUT2D eigenvalue weighted by atomic mass is 35.5. The van der Waals surface area contributed by atoms with Gasteiger partial charge in [0.05, 0.1) is 10.9 Å². The Morgan fingerprint density at radius 2 is 1.90 bits per heavy atom. The molecule has 1 saturated heterocycles. The summed E-state index contributed by atoms with van der Waals surface area (Å²) in [4.78, 5) is 47.1. The van der Waals surface area contributed by atoms with Crippen molar-refractivity contribution >= 4 is 41.8 Å². The Labute approximate surface area is 188 Å². The summed E-state index contributed by atoms with van der Waals surface area (Å²) in [7, 11) is 1.93. The molecule has 2 aromatic heterocycles. The normalized spacial score (nSPS) is 14.5. The zero-order valence-electron chi connectivity index (χ0n) is 17.9. The Balaban J connectivity index is 0.00000225. The van der Waals surface area contributed by atoms with Gasteiger partial charge in [0.1, 0.15) is 0 Å². The van der Waals surface area contributed by atoms with Crippen molar-refractivity contribution in [1.82, 2.24) is 24.8 Å². The van der Waals surface area contributed by atoms with Crippen LogP contribution in [-0.2, 0) is 6.54 Å². The minimum absolute atomic E-state index is 0. The molecule has 3 heterocycles. The van der Waals surface area contributed by atoms with Crippen LogP contribution in [0.25, 0.3) is 11.0 Å². The number of likely N-dealkylation sites (tertiary alicyclic amines) is 1. The number of aromatic amines is 1. The Kier molecular flexibility index (Phi) is 9.52. The predicted molar refractivity (Wildman–Crippen MR) is 123 cm³/mol. The molecule has 0 aromatic carbocycles. The number of carbonyl (C=O) groups is 1. The molecule has 2 aromatic rings. The summed E-state index contributed by atoms with van der Waals surface area (Å²) in [5.41, 5.74) is 0.304. The number of carbonyl (C=O) groups excluding carboxylic acids is 1. The average molecular weight is 460 g/mol. The number of hydrogen-bond acceptors (Lipinski definition) is 5. The molecule has 8 nitrogen and oxygen atoms in total. The third kappa shape index (κ3) is 5.04. The Bertz CT molecular complexity index is 994. The van der Waals surface area contributed by atoms with Gasteiger partial charge >= 0.3 is 5.69 Å². The van der Waals surface area contributed by atoms with Gasteiger partial charge in [-0.3, -0.25) is 19.1 Å². The number of pyridine rings is 1. The minimum atomic E-state index is -0.552. The highest BCUT2D eigenvalue weighted by Crippen LogP contribution is 2.22. The van der Waals surface area contributed by atoms with Gasteiger partial charge in [-0.1, -0.05) is 20.8 Å². The van der Waals surface area contributed by atoms with Gasteiger partial charge in [0.25, 0.3) is 11.5 Å². The van der Waals surface area contributed by atoms with Crippen LogP contribution in [0.2, 0.25) is 0 Å². The summed E-state index contributed by atoms with van der Waals surface area (Å²) in [6.45, 7) is 7.62. The Morgan fingerprint density at radius 1 is 1.27 bits per heavy atom. The summed E-state index contributed by atoms with van der Waals surface area (Å²) in [5, 5.41) is 3.46. The van der Waals surface area contributed by atoms with Gasteiger partial charge in [-0.2, -0.15) is 0 Å². The molecule has 0 atom stereocenters. The van der Waals surface area contributed by atoms with Gasteiger partial charge in [-0.05, 0) is 38.3 Å². The van der Waals surface area contributed by atoms with E-state index in [2.05, 4.69) is 15.3 Å². The molecule has 2 N–H and O–H groups in total. The average Bonchev–Trinajstić information content (AvgIpc) is 2.69. The molecule has 168 valence electrons. The maximum Gasteiger partial charge on any atom is 0.329 e. The first-order valence-electron chi connectivity index (χ1n) is 10.0. The van der Waals surface area contributed by atoms with Crippen molar-refractivity contribution in [3.63, 3.8) is 0 Å². The standard InChI is InChI=1S/C20H29N5O3.2ClH/c1-5-8-25-17-16(18(26)23-20(25)28)14(11-15(22-17)12(2)3)19(27)24-9-6-13(21-4)7-10-24;;/h11-13,21H,5-10H2,1-4H3,(H,23,26,28);2*1H. The molecule has 0 bridgehead atoms. The lowest BCUT2D eigenvalue weighted by atomic mass is 10.0. The molecule has 0 unspecified atom stereocenters. The third-order valence-corrected chi connectivity index (χ3v) is 5.43. The van der Waals surface area contributed by atoms with Crippen LogP contribution in [0.5, 0.6) is 0 Å². The van der Waals surface area contributed by atoms with Crippen molar-refractivity contribution in [3.05, 3.63) is 38.2 Å². The van der Waals surface area contributed by atoms with Gasteiger partial charge in [-0.25, -0.2) is 9.78 Å². The quantitative estimate of drug-likeness (QED) is 0.713. The molecule has 3 rings (SSSR count). The van der Waals surface area contributed by atoms with Crippen LogP contribution in [0.15, 0.2) is 15.7 Å². The van der Waals surface area contributed by atoms with Crippen molar-refractivity contribution in [2.45, 2.75) is 58.5 Å². The molecule has 30 heavy (non-hydrogen) atoms. The van der Waals surface area contributed by atoms with Crippen molar-refractivity contribution in [2.24, 2.45) is 0 Å². The maximum atomic E-state index is 13.3. The second-order valence-electron chi connectivity index (χ2n) is 7.71. The van der Waals surface area contributed by atoms with Crippen LogP contribution in [0.1, 0.15) is 62.0 Å². The van der Waals surface area contributed by atoms with Crippen LogP contribution >= 0.6 is 24.8 Å². The number of nitrogens with zero attached hydrogens (tertiary/aromatic N) is 3. The fourth-order valence-electron chi connectivity index (χ4n) is 3.73. The van der Waals surface area contributed by atoms with E-state index in [0.717, 1.165) is 19.3 Å². The van der Waals surface area contributed by atoms with E-state index in [1.54, 1.807) is 11.0 Å². The molecule has 1 amide bonds. The smallest absolute Gasteiger partial charge is 0.329 e. The zero-order chi connectivity index (χ0) is 20.4. The molecule has 0 spiro atoms. The fourth-order valence-corrected chi connectivity index (χ4v) is 3.73. The lowest BCUT2D eigenvalue weighted by molar-refractivity contribution is 0.0709. The molecule has 1 aliphatic heterocycles. The van der Waals surface area contributed by atoms with Crippen molar-refractivity contribution < 1.29 is 4.79 Å². The number of aromatic nitrogens is 3. The predicted octanol–water partition coefficient (Wildman–Crippen LogP) is 2.29. The number of H-pyrrole nitrogens is 1. The van der Waals surface area contributed by atoms with Crippen LogP contribution in [0.3, 0.4) is 0 Å². The number of fused-ring (bicyclic) bond motifs is 1. The number of halogens is 2. The molecular weight excluding hydrogens is 429 g/mol. The lowest BCUT2D eigenvalue weighted by Gasteiger charge is -2.32. The summed E-state index contributed by atoms with van der Waals surface area (Å²) in [6, 6.07) is 2.12. The number of rotatable bonds is 5. The zero-order valence-corrected chi connectivity index (χ0v) is 19.5. The monoisotopic (exact) mass is 459 g/mol. The van der Waals surface area contributed by atoms with Gasteiger partial charge < -0.3 is 10.2 Å². The first-order chi connectivity index (χ1) is 13.4. The van der Waals surface area contributed by atoms with Gasteiger partial charge in [0.15, 0.2) is 5.65 Å². The van der Waals surface area contributed by atoms with E-state index < -0.39 is 11.2 Å². The third-order valence-electron chi connectivity index (χ3n) is 5.43. The van der Waals surface area contributed by atoms with Gasteiger partial charge in [0.2, 0.25) is 0 Å². The number of amides is 1. The highest BCUT2D eigenvalue weighted by Gasteiger charge is 2.27. The SMILES string of the molecule is CCCn1c(=O)[nH]c(=O)c2c(C(=O)N3CCC(NC)CC3)cc(C(C)C)nc21.Cl.Cl. The Morgan fingerprint density at radius 3 is 2.43 bits per heavy atom. The van der Waals surface area contributed by atoms with E-state index in [9.17, 15) is 14.4 Å². The molecule has 1 fully saturated rings. The van der Waals surface area contributed by atoms with Crippen LogP contribution in [-0.4, -0.2) is 51.5 Å². The number of aryl methyl sites for hydroxylation is 1. The van der Waals surface area contributed by atoms with Crippen LogP contribution in [0, 0.1) is 0 Å². The molecule has 0 aliphatic carbocycles. The second kappa shape index (κ2) is 10.9. The minimum Gasteiger partial charge on any atom is -0.339 e. The number of hydrogen-bond donors (Lipinski definition) is 2. The van der Waals surface area contributed by atoms with E-state index in [4.69, 9.17) is 0 Å². The summed E-state index contributed by atoms with van der Waals surface area (Å²) in [5.74, 6) is -0.105. The molecule has 0 saturated carbocycles. The lowest BCUT2D eigenvalue weighted by Crippen LogP contribution is -2.44. The van der Waals surface area contributed by atoms with E-state index in [-0.39, 0.29) is 42.0 Å². The molecule has 1 aliphatic rings. The van der Waals surface area contributed by atoms with Crippen molar-refractivity contribution in [2.75, 3.05) is 20.1 Å². The van der Waals surface area contributed by atoms with E-state index in [0.29, 0.717) is 42.6 Å². The largest absolute Gasteiger partial charge is 0.339 e. The summed E-state index contributed by atoms with van der Waals surface area (Å²) >= 11 is 0. The van der Waals surface area contributed by atoms with Gasteiger partial charge in [0, 0.05) is 31.4 Å². The maximum absolute atomic E-state index is 13.3. The second-order valence-corrected chi connectivity index (χ2v) is 7.71. The van der Waals surface area contributed by atoms with Crippen molar-refractivity contribution in [3.8, 4) is 0 Å². The van der Waals surface area contributed by atoms with Crippen molar-refractivity contribution in [1.29, 1.82) is 0 Å². The first kappa shape index (κ1) is 26.1. The topological polar surface area (TPSA) is 100 Å². The summed E-state index contributed by atoms with van der Waals surface area (Å²) in [6.07, 6.45) is 2.47. The molecule has 0 radical (unpaired) electrons. The number of piperidine rings is 1. The molecule has 10 heteroatoms. The van der Waals surface area contributed by atoms with E-state index in [1.807, 2.05) is 27.8 Å². The van der Waals surface area contributed by atoms with E-state index in [1.165, 1.54) is 4.57 Å². The Hall–Kier alpha value is -1.90. The van der Waals surface area contributed by atoms with Gasteiger partial charge in [-0.15, -0.1) is 24.8 Å². The number of nitrogens with one attached hydrogen (secondary N) is 2.